The van der Waals surface area contributed by atoms with Crippen LogP contribution < -0.4 is 5.63 Å². The van der Waals surface area contributed by atoms with Gasteiger partial charge < -0.3 is 9.52 Å². The lowest BCUT2D eigenvalue weighted by Gasteiger charge is -2.12. The third kappa shape index (κ3) is 3.08. The molecule has 0 radical (unpaired) electrons. The van der Waals surface area contributed by atoms with Gasteiger partial charge in [0.05, 0.1) is 0 Å². The molecule has 0 bridgehead atoms. The minimum absolute atomic E-state index is 0.0400. The number of pyridine rings is 1. The third-order valence-corrected chi connectivity index (χ3v) is 4.31. The first-order valence-electron chi connectivity index (χ1n) is 7.63. The van der Waals surface area contributed by atoms with Crippen molar-refractivity contribution >= 4 is 17.2 Å². The van der Waals surface area contributed by atoms with E-state index in [1.807, 2.05) is 13.0 Å². The Balaban J connectivity index is 2.27. The van der Waals surface area contributed by atoms with Crippen molar-refractivity contribution in [1.82, 2.24) is 4.98 Å². The Morgan fingerprint density at radius 3 is 2.72 bits per heavy atom. The van der Waals surface area contributed by atoms with Gasteiger partial charge in [-0.25, -0.2) is 4.79 Å². The summed E-state index contributed by atoms with van der Waals surface area (Å²) in [5.41, 5.74) is 2.49. The molecule has 0 atom stereocenters. The monoisotopic (exact) mass is 353 g/mol. The van der Waals surface area contributed by atoms with Crippen molar-refractivity contribution in [2.45, 2.75) is 13.8 Å². The molecule has 0 aliphatic heterocycles. The average molecular weight is 354 g/mol. The van der Waals surface area contributed by atoms with Gasteiger partial charge in [-0.2, -0.15) is 0 Å². The quantitative estimate of drug-likeness (QED) is 0.714. The predicted octanol–water partition coefficient (Wildman–Crippen LogP) is 5.07. The zero-order chi connectivity index (χ0) is 18.1. The molecule has 0 saturated heterocycles. The Morgan fingerprint density at radius 2 is 2.08 bits per heavy atom. The highest BCUT2D eigenvalue weighted by molar-refractivity contribution is 6.33. The van der Waals surface area contributed by atoms with E-state index in [1.54, 1.807) is 43.6 Å². The number of aromatic hydroxyl groups is 1. The Morgan fingerprint density at radius 1 is 1.32 bits per heavy atom. The van der Waals surface area contributed by atoms with E-state index in [4.69, 9.17) is 16.0 Å². The molecule has 0 unspecified atom stereocenters. The van der Waals surface area contributed by atoms with Gasteiger partial charge in [0.1, 0.15) is 17.1 Å². The molecule has 0 aliphatic carbocycles. The molecule has 126 valence electrons. The van der Waals surface area contributed by atoms with Crippen LogP contribution in [0.5, 0.6) is 5.75 Å². The van der Waals surface area contributed by atoms with Gasteiger partial charge in [0.2, 0.25) is 0 Å². The fraction of sp³-hybridized carbons (Fsp3) is 0.100. The van der Waals surface area contributed by atoms with E-state index in [1.165, 1.54) is 0 Å². The van der Waals surface area contributed by atoms with Gasteiger partial charge >= 0.3 is 5.63 Å². The lowest BCUT2D eigenvalue weighted by Crippen LogP contribution is -2.07. The molecule has 0 fully saturated rings. The number of hydrogen-bond acceptors (Lipinski definition) is 4. The molecule has 0 spiro atoms. The van der Waals surface area contributed by atoms with Gasteiger partial charge in [-0.3, -0.25) is 4.98 Å². The standard InChI is InChI=1S/C20H16ClNO3/c1-11(2)13-6-7-16(21)15(9-13)17-18(23)12(3)19(25-20(17)24)14-5-4-8-22-10-14/h4-10,23H,1H2,2-3H3. The van der Waals surface area contributed by atoms with Crippen molar-refractivity contribution in [2.24, 2.45) is 0 Å². The summed E-state index contributed by atoms with van der Waals surface area (Å²) in [6, 6.07) is 8.69. The number of halogens is 1. The van der Waals surface area contributed by atoms with E-state index in [2.05, 4.69) is 11.6 Å². The van der Waals surface area contributed by atoms with Crippen LogP contribution in [-0.2, 0) is 0 Å². The van der Waals surface area contributed by atoms with E-state index >= 15 is 0 Å². The average Bonchev–Trinajstić information content (AvgIpc) is 2.60. The molecule has 1 aromatic carbocycles. The van der Waals surface area contributed by atoms with Crippen LogP contribution in [0.25, 0.3) is 28.0 Å². The van der Waals surface area contributed by atoms with Crippen LogP contribution in [0, 0.1) is 6.92 Å². The van der Waals surface area contributed by atoms with Crippen molar-refractivity contribution in [1.29, 1.82) is 0 Å². The molecule has 25 heavy (non-hydrogen) atoms. The highest BCUT2D eigenvalue weighted by atomic mass is 35.5. The first kappa shape index (κ1) is 17.0. The van der Waals surface area contributed by atoms with Crippen molar-refractivity contribution in [3.63, 3.8) is 0 Å². The molecular formula is C20H16ClNO3. The number of rotatable bonds is 3. The van der Waals surface area contributed by atoms with Gasteiger partial charge in [-0.05, 0) is 43.7 Å². The summed E-state index contributed by atoms with van der Waals surface area (Å²) in [5, 5.41) is 11.0. The first-order chi connectivity index (χ1) is 11.9. The molecule has 0 amide bonds. The second-order valence-corrected chi connectivity index (χ2v) is 6.19. The van der Waals surface area contributed by atoms with Crippen LogP contribution >= 0.6 is 11.6 Å². The molecule has 4 nitrogen and oxygen atoms in total. The van der Waals surface area contributed by atoms with Crippen LogP contribution in [0.2, 0.25) is 5.02 Å². The molecule has 0 saturated carbocycles. The largest absolute Gasteiger partial charge is 0.507 e. The van der Waals surface area contributed by atoms with Gasteiger partial charge in [0, 0.05) is 34.1 Å². The van der Waals surface area contributed by atoms with Crippen LogP contribution in [0.3, 0.4) is 0 Å². The topological polar surface area (TPSA) is 63.3 Å². The van der Waals surface area contributed by atoms with Crippen molar-refractivity contribution in [3.05, 3.63) is 75.9 Å². The molecule has 2 heterocycles. The first-order valence-corrected chi connectivity index (χ1v) is 8.00. The maximum Gasteiger partial charge on any atom is 0.348 e. The van der Waals surface area contributed by atoms with Crippen LogP contribution in [0.4, 0.5) is 0 Å². The summed E-state index contributed by atoms with van der Waals surface area (Å²) in [7, 11) is 0. The van der Waals surface area contributed by atoms with Crippen molar-refractivity contribution in [2.75, 3.05) is 0 Å². The van der Waals surface area contributed by atoms with Crippen LogP contribution in [0.15, 0.2) is 58.5 Å². The third-order valence-electron chi connectivity index (χ3n) is 3.98. The second-order valence-electron chi connectivity index (χ2n) is 5.78. The molecule has 2 aromatic heterocycles. The van der Waals surface area contributed by atoms with Crippen molar-refractivity contribution in [3.8, 4) is 28.2 Å². The normalized spacial score (nSPS) is 10.7. The summed E-state index contributed by atoms with van der Waals surface area (Å²) >= 11 is 6.26. The molecule has 5 heteroatoms. The van der Waals surface area contributed by atoms with Crippen molar-refractivity contribution < 1.29 is 9.52 Å². The summed E-state index contributed by atoms with van der Waals surface area (Å²) < 4.78 is 5.48. The van der Waals surface area contributed by atoms with E-state index in [-0.39, 0.29) is 17.1 Å². The number of hydrogen-bond donors (Lipinski definition) is 1. The lowest BCUT2D eigenvalue weighted by molar-refractivity contribution is 0.450. The molecular weight excluding hydrogens is 338 g/mol. The zero-order valence-electron chi connectivity index (χ0n) is 13.8. The number of allylic oxidation sites excluding steroid dienone is 1. The Hall–Kier alpha value is -2.85. The molecule has 1 N–H and O–H groups in total. The van der Waals surface area contributed by atoms with Gasteiger partial charge in [-0.1, -0.05) is 29.8 Å². The van der Waals surface area contributed by atoms with E-state index < -0.39 is 5.63 Å². The lowest BCUT2D eigenvalue weighted by atomic mass is 9.98. The van der Waals surface area contributed by atoms with Crippen LogP contribution in [-0.4, -0.2) is 10.1 Å². The summed E-state index contributed by atoms with van der Waals surface area (Å²) in [6.45, 7) is 7.43. The predicted molar refractivity (Wildman–Crippen MR) is 99.8 cm³/mol. The molecule has 3 rings (SSSR count). The number of nitrogens with zero attached hydrogens (tertiary/aromatic N) is 1. The van der Waals surface area contributed by atoms with E-state index in [0.29, 0.717) is 21.7 Å². The maximum absolute atomic E-state index is 12.6. The van der Waals surface area contributed by atoms with Gasteiger partial charge in [-0.15, -0.1) is 0 Å². The summed E-state index contributed by atoms with van der Waals surface area (Å²) in [6.07, 6.45) is 3.19. The Kier molecular flexibility index (Phi) is 4.47. The highest BCUT2D eigenvalue weighted by Crippen LogP contribution is 2.38. The summed E-state index contributed by atoms with van der Waals surface area (Å²) in [5.74, 6) is 0.127. The van der Waals surface area contributed by atoms with E-state index in [0.717, 1.165) is 11.1 Å². The fourth-order valence-corrected chi connectivity index (χ4v) is 2.82. The molecule has 3 aromatic rings. The zero-order valence-corrected chi connectivity index (χ0v) is 14.6. The smallest absolute Gasteiger partial charge is 0.348 e. The fourth-order valence-electron chi connectivity index (χ4n) is 2.60. The number of aromatic nitrogens is 1. The SMILES string of the molecule is C=C(C)c1ccc(Cl)c(-c2c(O)c(C)c(-c3cccnc3)oc2=O)c1. The van der Waals surface area contributed by atoms with Crippen LogP contribution in [0.1, 0.15) is 18.1 Å². The number of benzene rings is 1. The molecule has 0 aliphatic rings. The highest BCUT2D eigenvalue weighted by Gasteiger charge is 2.21. The minimum atomic E-state index is -0.664. The van der Waals surface area contributed by atoms with E-state index in [9.17, 15) is 9.90 Å². The Labute approximate surface area is 150 Å². The minimum Gasteiger partial charge on any atom is -0.507 e. The maximum atomic E-state index is 12.6. The summed E-state index contributed by atoms with van der Waals surface area (Å²) in [4.78, 5) is 16.6. The second kappa shape index (κ2) is 6.57. The van der Waals surface area contributed by atoms with Gasteiger partial charge in [0.25, 0.3) is 0 Å². The van der Waals surface area contributed by atoms with Gasteiger partial charge in [0.15, 0.2) is 0 Å². The Bertz CT molecular complexity index is 1020.